The topological polar surface area (TPSA) is 38.0 Å². The number of rotatable bonds is 4. The summed E-state index contributed by atoms with van der Waals surface area (Å²) < 4.78 is 32.7. The molecule has 0 heterocycles. The number of allylic oxidation sites excluding steroid dienone is 4. The second-order valence-electron chi connectivity index (χ2n) is 7.32. The molecule has 25 heavy (non-hydrogen) atoms. The van der Waals surface area contributed by atoms with Crippen LogP contribution in [0.25, 0.3) is 11.1 Å². The Labute approximate surface area is 159 Å². The molecule has 0 aliphatic heterocycles. The van der Waals surface area contributed by atoms with Gasteiger partial charge in [0.15, 0.2) is 0 Å². The van der Waals surface area contributed by atoms with E-state index in [0.717, 1.165) is 43.3 Å². The predicted octanol–water partition coefficient (Wildman–Crippen LogP) is 1.82. The van der Waals surface area contributed by atoms with Gasteiger partial charge in [-0.2, -0.15) is 0 Å². The van der Waals surface area contributed by atoms with Crippen molar-refractivity contribution in [2.75, 3.05) is 0 Å². The summed E-state index contributed by atoms with van der Waals surface area (Å²) in [4.78, 5) is 0. The van der Waals surface area contributed by atoms with Crippen LogP contribution in [0.4, 0.5) is 8.78 Å². The summed E-state index contributed by atoms with van der Waals surface area (Å²) in [6, 6.07) is 3.53. The second kappa shape index (κ2) is 8.27. The zero-order valence-electron chi connectivity index (χ0n) is 14.8. The summed E-state index contributed by atoms with van der Waals surface area (Å²) >= 11 is -0.476. The zero-order valence-corrected chi connectivity index (χ0v) is 16.9. The van der Waals surface area contributed by atoms with Crippen LogP contribution in [-0.2, 0) is 0 Å². The van der Waals surface area contributed by atoms with Crippen LogP contribution in [0, 0.1) is 23.5 Å². The molecule has 2 nitrogen and oxygen atoms in total. The van der Waals surface area contributed by atoms with Crippen LogP contribution in [-0.4, -0.2) is 3.92 Å². The van der Waals surface area contributed by atoms with Crippen LogP contribution >= 0.6 is 0 Å². The molecule has 5 heteroatoms. The van der Waals surface area contributed by atoms with Gasteiger partial charge in [-0.05, 0) is 0 Å². The minimum atomic E-state index is -0.705. The van der Waals surface area contributed by atoms with Gasteiger partial charge in [0, 0.05) is 0 Å². The molecule has 2 aliphatic rings. The van der Waals surface area contributed by atoms with Gasteiger partial charge in [0.1, 0.15) is 0 Å². The quantitative estimate of drug-likeness (QED) is 0.237. The van der Waals surface area contributed by atoms with Crippen molar-refractivity contribution in [3.05, 3.63) is 47.0 Å². The van der Waals surface area contributed by atoms with E-state index in [-0.39, 0.29) is 3.92 Å². The van der Waals surface area contributed by atoms with Crippen molar-refractivity contribution in [2.24, 2.45) is 17.7 Å². The Balaban J connectivity index is 1.95. The molecule has 2 aliphatic carbocycles. The molecule has 0 radical (unpaired) electrons. The Morgan fingerprint density at radius 1 is 1.04 bits per heavy atom. The van der Waals surface area contributed by atoms with E-state index in [2.05, 4.69) is 29.6 Å². The summed E-state index contributed by atoms with van der Waals surface area (Å²) in [5.41, 5.74) is 2.72. The predicted molar refractivity (Wildman–Crippen MR) is 94.8 cm³/mol. The molecule has 0 bridgehead atoms. The molecular formula is C20H26F2IN2-. The van der Waals surface area contributed by atoms with Gasteiger partial charge in [-0.1, -0.05) is 0 Å². The summed E-state index contributed by atoms with van der Waals surface area (Å²) in [5, 5.41) is 0. The third kappa shape index (κ3) is 4.14. The second-order valence-corrected chi connectivity index (χ2v) is 10.1. The molecule has 3 atom stereocenters. The number of nitrogens with two attached hydrogens (primary N) is 1. The monoisotopic (exact) mass is 459 g/mol. The first-order chi connectivity index (χ1) is 12.0. The van der Waals surface area contributed by atoms with Gasteiger partial charge in [-0.25, -0.2) is 0 Å². The molecule has 1 aromatic carbocycles. The summed E-state index contributed by atoms with van der Waals surface area (Å²) in [5.74, 6) is 5.32. The van der Waals surface area contributed by atoms with Crippen molar-refractivity contribution >= 4 is 11.1 Å². The van der Waals surface area contributed by atoms with E-state index in [1.165, 1.54) is 0 Å². The van der Waals surface area contributed by atoms with E-state index in [0.29, 0.717) is 23.0 Å². The van der Waals surface area contributed by atoms with E-state index in [1.54, 1.807) is 12.1 Å². The van der Waals surface area contributed by atoms with Crippen molar-refractivity contribution < 1.29 is 30.3 Å². The number of nitrogens with one attached hydrogen (secondary N) is 1. The normalized spacial score (nSPS) is 27.2. The SMILES string of the molecule is CC1CC=C(c2ccc(C3=CCC(C)CC3[I-]NN)c(F)c2F)CC1. The van der Waals surface area contributed by atoms with Gasteiger partial charge in [-0.3, -0.25) is 0 Å². The number of hydrazine groups is 1. The van der Waals surface area contributed by atoms with Gasteiger partial charge in [-0.15, -0.1) is 0 Å². The van der Waals surface area contributed by atoms with Crippen molar-refractivity contribution in [1.82, 2.24) is 3.64 Å². The fraction of sp³-hybridized carbons (Fsp3) is 0.500. The molecule has 3 N–H and O–H groups in total. The van der Waals surface area contributed by atoms with Crippen LogP contribution in [0.5, 0.6) is 0 Å². The van der Waals surface area contributed by atoms with Gasteiger partial charge < -0.3 is 0 Å². The Morgan fingerprint density at radius 3 is 2.40 bits per heavy atom. The number of hydrogen-bond donors (Lipinski definition) is 2. The molecule has 0 amide bonds. The molecule has 1 aromatic rings. The molecule has 0 aromatic heterocycles. The third-order valence-electron chi connectivity index (χ3n) is 5.29. The number of benzene rings is 1. The number of hydrogen-bond acceptors (Lipinski definition) is 2. The molecule has 138 valence electrons. The molecule has 0 saturated carbocycles. The van der Waals surface area contributed by atoms with Crippen molar-refractivity contribution in [3.8, 4) is 0 Å². The average molecular weight is 459 g/mol. The minimum absolute atomic E-state index is 0.224. The van der Waals surface area contributed by atoms with Crippen LogP contribution in [0.2, 0.25) is 0 Å². The molecule has 3 unspecified atom stereocenters. The van der Waals surface area contributed by atoms with Crippen molar-refractivity contribution in [1.29, 1.82) is 0 Å². The Morgan fingerprint density at radius 2 is 1.72 bits per heavy atom. The Bertz CT molecular complexity index is 699. The summed E-state index contributed by atoms with van der Waals surface area (Å²) in [7, 11) is 0. The molecule has 0 spiro atoms. The van der Waals surface area contributed by atoms with Gasteiger partial charge in [0.05, 0.1) is 0 Å². The third-order valence-corrected chi connectivity index (χ3v) is 7.58. The first kappa shape index (κ1) is 19.0. The van der Waals surface area contributed by atoms with Crippen LogP contribution < -0.4 is 31.0 Å². The average Bonchev–Trinajstić information content (AvgIpc) is 2.59. The number of halogens is 3. The van der Waals surface area contributed by atoms with E-state index in [4.69, 9.17) is 5.84 Å². The van der Waals surface area contributed by atoms with Gasteiger partial charge in [0.25, 0.3) is 0 Å². The van der Waals surface area contributed by atoms with Crippen molar-refractivity contribution in [3.63, 3.8) is 0 Å². The van der Waals surface area contributed by atoms with Gasteiger partial charge >= 0.3 is 160 Å². The molecular weight excluding hydrogens is 433 g/mol. The summed E-state index contributed by atoms with van der Waals surface area (Å²) in [6.45, 7) is 4.38. The summed E-state index contributed by atoms with van der Waals surface area (Å²) in [6.07, 6.45) is 8.83. The number of alkyl halides is 1. The Hall–Kier alpha value is -0.790. The van der Waals surface area contributed by atoms with Crippen molar-refractivity contribution in [2.45, 2.75) is 49.9 Å². The van der Waals surface area contributed by atoms with Crippen LogP contribution in [0.1, 0.15) is 57.1 Å². The Kier molecular flexibility index (Phi) is 6.28. The fourth-order valence-electron chi connectivity index (χ4n) is 3.72. The van der Waals surface area contributed by atoms with Gasteiger partial charge in [0.2, 0.25) is 0 Å². The fourth-order valence-corrected chi connectivity index (χ4v) is 6.20. The molecule has 0 saturated heterocycles. The van der Waals surface area contributed by atoms with E-state index >= 15 is 0 Å². The first-order valence-corrected chi connectivity index (χ1v) is 11.3. The van der Waals surface area contributed by atoms with E-state index < -0.39 is 33.1 Å². The standard InChI is InChI=1S/C20H26F2IN2/c1-12-3-6-14(7-4-12)15-9-10-17(20(22)19(15)21)16-8-5-13(2)11-18(16)23-25-24/h6,8-10,12-13,18,25H,3-5,7,11,24H2,1-2H3/q-1. The van der Waals surface area contributed by atoms with Crippen LogP contribution in [0.3, 0.4) is 0 Å². The maximum absolute atomic E-state index is 14.9. The van der Waals surface area contributed by atoms with E-state index in [9.17, 15) is 8.78 Å². The first-order valence-electron chi connectivity index (χ1n) is 8.97. The molecule has 0 fully saturated rings. The van der Waals surface area contributed by atoms with E-state index in [1.807, 2.05) is 0 Å². The molecule has 3 rings (SSSR count). The maximum atomic E-state index is 14.9. The zero-order chi connectivity index (χ0) is 18.0. The van der Waals surface area contributed by atoms with Crippen LogP contribution in [0.15, 0.2) is 24.3 Å².